The first-order valence-corrected chi connectivity index (χ1v) is 8.21. The highest BCUT2D eigenvalue weighted by Gasteiger charge is 2.20. The quantitative estimate of drug-likeness (QED) is 0.827. The van der Waals surface area contributed by atoms with Crippen LogP contribution >= 0.6 is 31.9 Å². The van der Waals surface area contributed by atoms with Gasteiger partial charge in [-0.1, -0.05) is 12.1 Å². The molecular formula is C11H6Br2N4O2S. The Morgan fingerprint density at radius 3 is 2.60 bits per heavy atom. The molecule has 1 N–H and O–H groups in total. The van der Waals surface area contributed by atoms with Crippen LogP contribution in [-0.2, 0) is 10.0 Å². The second-order valence-corrected chi connectivity index (χ2v) is 6.76. The Morgan fingerprint density at radius 2 is 1.95 bits per heavy atom. The van der Waals surface area contributed by atoms with E-state index in [2.05, 4.69) is 46.5 Å². The molecule has 2 rings (SSSR count). The van der Waals surface area contributed by atoms with Crippen molar-refractivity contribution in [1.82, 2.24) is 9.97 Å². The first-order chi connectivity index (χ1) is 9.44. The van der Waals surface area contributed by atoms with E-state index in [0.29, 0.717) is 4.60 Å². The molecule has 0 unspecified atom stereocenters. The summed E-state index contributed by atoms with van der Waals surface area (Å²) < 4.78 is 27.5. The van der Waals surface area contributed by atoms with E-state index >= 15 is 0 Å². The summed E-state index contributed by atoms with van der Waals surface area (Å²) in [5, 5.41) is 8.95. The van der Waals surface area contributed by atoms with Gasteiger partial charge in [0, 0.05) is 0 Å². The minimum absolute atomic E-state index is 0.0425. The molecule has 0 atom stereocenters. The molecule has 2 aromatic rings. The molecule has 6 nitrogen and oxygen atoms in total. The summed E-state index contributed by atoms with van der Waals surface area (Å²) in [6, 6.07) is 7.74. The summed E-state index contributed by atoms with van der Waals surface area (Å²) in [5.41, 5.74) is 0.0567. The molecule has 102 valence electrons. The van der Waals surface area contributed by atoms with Gasteiger partial charge in [0.15, 0.2) is 10.4 Å². The van der Waals surface area contributed by atoms with Crippen molar-refractivity contribution in [2.24, 2.45) is 0 Å². The van der Waals surface area contributed by atoms with E-state index in [9.17, 15) is 8.42 Å². The highest BCUT2D eigenvalue weighted by atomic mass is 79.9. The predicted molar refractivity (Wildman–Crippen MR) is 79.4 cm³/mol. The number of hydrogen-bond acceptors (Lipinski definition) is 5. The third-order valence-electron chi connectivity index (χ3n) is 2.23. The fraction of sp³-hybridized carbons (Fsp3) is 0. The number of anilines is 1. The second kappa shape index (κ2) is 5.87. The summed E-state index contributed by atoms with van der Waals surface area (Å²) in [6.07, 6.45) is 1.36. The Morgan fingerprint density at radius 1 is 1.25 bits per heavy atom. The lowest BCUT2D eigenvalue weighted by Crippen LogP contribution is -2.16. The van der Waals surface area contributed by atoms with Crippen LogP contribution in [0.4, 0.5) is 5.82 Å². The molecular weight excluding hydrogens is 412 g/mol. The lowest BCUT2D eigenvalue weighted by atomic mass is 10.2. The SMILES string of the molecule is N#Cc1ccccc1S(=O)(=O)Nc1ncc(Br)nc1Br. The lowest BCUT2D eigenvalue weighted by molar-refractivity contribution is 0.600. The third kappa shape index (κ3) is 3.15. The highest BCUT2D eigenvalue weighted by molar-refractivity contribution is 9.11. The summed E-state index contributed by atoms with van der Waals surface area (Å²) >= 11 is 6.23. The lowest BCUT2D eigenvalue weighted by Gasteiger charge is -2.09. The molecule has 1 aromatic carbocycles. The van der Waals surface area contributed by atoms with Crippen molar-refractivity contribution in [1.29, 1.82) is 5.26 Å². The maximum absolute atomic E-state index is 12.3. The topological polar surface area (TPSA) is 95.7 Å². The number of aromatic nitrogens is 2. The summed E-state index contributed by atoms with van der Waals surface area (Å²) in [7, 11) is -3.91. The van der Waals surface area contributed by atoms with Crippen molar-refractivity contribution >= 4 is 47.7 Å². The first kappa shape index (κ1) is 14.9. The van der Waals surface area contributed by atoms with Crippen molar-refractivity contribution in [3.63, 3.8) is 0 Å². The van der Waals surface area contributed by atoms with Crippen LogP contribution in [0.1, 0.15) is 5.56 Å². The number of nitrogens with zero attached hydrogens (tertiary/aromatic N) is 3. The van der Waals surface area contributed by atoms with Crippen LogP contribution in [0.2, 0.25) is 0 Å². The van der Waals surface area contributed by atoms with Crippen LogP contribution in [0.5, 0.6) is 0 Å². The van der Waals surface area contributed by atoms with Crippen molar-refractivity contribution in [3.8, 4) is 6.07 Å². The molecule has 1 heterocycles. The minimum atomic E-state index is -3.91. The number of rotatable bonds is 3. The summed E-state index contributed by atoms with van der Waals surface area (Å²) in [6.45, 7) is 0. The van der Waals surface area contributed by atoms with Gasteiger partial charge in [0.2, 0.25) is 0 Å². The van der Waals surface area contributed by atoms with Gasteiger partial charge >= 0.3 is 0 Å². The molecule has 0 saturated carbocycles. The van der Waals surface area contributed by atoms with E-state index in [1.54, 1.807) is 6.07 Å². The van der Waals surface area contributed by atoms with Crippen LogP contribution < -0.4 is 4.72 Å². The van der Waals surface area contributed by atoms with Gasteiger partial charge in [0.1, 0.15) is 15.6 Å². The Hall–Kier alpha value is -1.50. The number of hydrogen-bond donors (Lipinski definition) is 1. The zero-order chi connectivity index (χ0) is 14.8. The van der Waals surface area contributed by atoms with Crippen LogP contribution in [0, 0.1) is 11.3 Å². The molecule has 0 saturated heterocycles. The van der Waals surface area contributed by atoms with E-state index in [1.165, 1.54) is 24.4 Å². The maximum atomic E-state index is 12.3. The molecule has 0 aliphatic rings. The number of nitriles is 1. The summed E-state index contributed by atoms with van der Waals surface area (Å²) in [4.78, 5) is 7.78. The smallest absolute Gasteiger partial charge is 0.261 e. The Balaban J connectivity index is 2.44. The fourth-order valence-corrected chi connectivity index (χ4v) is 3.61. The van der Waals surface area contributed by atoms with Crippen LogP contribution in [0.25, 0.3) is 0 Å². The Labute approximate surface area is 132 Å². The van der Waals surface area contributed by atoms with E-state index < -0.39 is 10.0 Å². The molecule has 9 heteroatoms. The molecule has 1 aromatic heterocycles. The Kier molecular flexibility index (Phi) is 4.37. The number of nitrogens with one attached hydrogen (secondary N) is 1. The monoisotopic (exact) mass is 416 g/mol. The van der Waals surface area contributed by atoms with Gasteiger partial charge in [-0.05, 0) is 44.0 Å². The van der Waals surface area contributed by atoms with Crippen LogP contribution in [0.15, 0.2) is 44.6 Å². The van der Waals surface area contributed by atoms with E-state index in [-0.39, 0.29) is 20.9 Å². The minimum Gasteiger partial charge on any atom is -0.261 e. The fourth-order valence-electron chi connectivity index (χ4n) is 1.39. The highest BCUT2D eigenvalue weighted by Crippen LogP contribution is 2.23. The molecule has 0 bridgehead atoms. The summed E-state index contributed by atoms with van der Waals surface area (Å²) in [5.74, 6) is 0.0425. The first-order valence-electron chi connectivity index (χ1n) is 5.14. The zero-order valence-corrected chi connectivity index (χ0v) is 13.7. The Bertz CT molecular complexity index is 802. The van der Waals surface area contributed by atoms with Gasteiger partial charge in [-0.2, -0.15) is 5.26 Å². The van der Waals surface area contributed by atoms with Crippen molar-refractivity contribution in [2.75, 3.05) is 4.72 Å². The van der Waals surface area contributed by atoms with Gasteiger partial charge in [-0.15, -0.1) is 0 Å². The van der Waals surface area contributed by atoms with E-state index in [4.69, 9.17) is 5.26 Å². The maximum Gasteiger partial charge on any atom is 0.264 e. The average molecular weight is 418 g/mol. The van der Waals surface area contributed by atoms with Gasteiger partial charge in [-0.3, -0.25) is 4.72 Å². The van der Waals surface area contributed by atoms with Crippen molar-refractivity contribution < 1.29 is 8.42 Å². The molecule has 20 heavy (non-hydrogen) atoms. The predicted octanol–water partition coefficient (Wildman–Crippen LogP) is 2.67. The van der Waals surface area contributed by atoms with Crippen molar-refractivity contribution in [2.45, 2.75) is 4.90 Å². The molecule has 0 fully saturated rings. The molecule has 0 amide bonds. The van der Waals surface area contributed by atoms with Gasteiger partial charge in [-0.25, -0.2) is 18.4 Å². The standard InChI is InChI=1S/C11H6Br2N4O2S/c12-9-6-15-11(10(13)16-9)17-20(18,19)8-4-2-1-3-7(8)5-14/h1-4,6H,(H,15,17). The number of halogens is 2. The molecule has 0 radical (unpaired) electrons. The van der Waals surface area contributed by atoms with Gasteiger partial charge in [0.05, 0.1) is 11.8 Å². The van der Waals surface area contributed by atoms with Crippen LogP contribution in [-0.4, -0.2) is 18.4 Å². The zero-order valence-electron chi connectivity index (χ0n) is 9.71. The normalized spacial score (nSPS) is 10.8. The van der Waals surface area contributed by atoms with E-state index in [0.717, 1.165) is 0 Å². The van der Waals surface area contributed by atoms with E-state index in [1.807, 2.05) is 6.07 Å². The molecule has 0 aliphatic carbocycles. The third-order valence-corrected chi connectivity index (χ3v) is 4.56. The van der Waals surface area contributed by atoms with Crippen molar-refractivity contribution in [3.05, 3.63) is 45.2 Å². The molecule has 0 aliphatic heterocycles. The number of benzene rings is 1. The molecule has 0 spiro atoms. The van der Waals surface area contributed by atoms with Crippen LogP contribution in [0.3, 0.4) is 0 Å². The average Bonchev–Trinajstić information content (AvgIpc) is 2.42. The largest absolute Gasteiger partial charge is 0.264 e. The van der Waals surface area contributed by atoms with Gasteiger partial charge < -0.3 is 0 Å². The second-order valence-electron chi connectivity index (χ2n) is 3.55. The van der Waals surface area contributed by atoms with Gasteiger partial charge in [0.25, 0.3) is 10.0 Å². The number of sulfonamides is 1.